The third-order valence-electron chi connectivity index (χ3n) is 5.91. The van der Waals surface area contributed by atoms with Gasteiger partial charge in [-0.3, -0.25) is 14.2 Å². The second-order valence-corrected chi connectivity index (χ2v) is 9.97. The molecule has 0 saturated heterocycles. The number of amides is 1. The van der Waals surface area contributed by atoms with Gasteiger partial charge in [0.2, 0.25) is 5.91 Å². The largest absolute Gasteiger partial charge is 0.325 e. The number of benzene rings is 2. The number of rotatable bonds is 5. The molecule has 1 aliphatic rings. The average molecular weight is 462 g/mol. The van der Waals surface area contributed by atoms with Crippen LogP contribution in [0.5, 0.6) is 0 Å². The van der Waals surface area contributed by atoms with E-state index in [1.54, 1.807) is 4.57 Å². The highest BCUT2D eigenvalue weighted by Crippen LogP contribution is 2.27. The summed E-state index contributed by atoms with van der Waals surface area (Å²) in [5.74, 6) is 0.0588. The maximum atomic E-state index is 13.3. The summed E-state index contributed by atoms with van der Waals surface area (Å²) in [6, 6.07) is 13.9. The van der Waals surface area contributed by atoms with E-state index in [-0.39, 0.29) is 17.2 Å². The van der Waals surface area contributed by atoms with Gasteiger partial charge in [-0.2, -0.15) is 0 Å². The van der Waals surface area contributed by atoms with E-state index < -0.39 is 0 Å². The first-order valence-corrected chi connectivity index (χ1v) is 12.5. The molecule has 0 atom stereocenters. The van der Waals surface area contributed by atoms with Crippen LogP contribution in [-0.2, 0) is 17.6 Å². The van der Waals surface area contributed by atoms with E-state index in [1.807, 2.05) is 49.6 Å². The lowest BCUT2D eigenvalue weighted by Crippen LogP contribution is -2.22. The number of fused-ring (bicyclic) bond motifs is 2. The van der Waals surface area contributed by atoms with Crippen LogP contribution in [0.15, 0.2) is 57.8 Å². The number of nitrogens with one attached hydrogen (secondary N) is 1. The van der Waals surface area contributed by atoms with Crippen LogP contribution in [-0.4, -0.2) is 21.2 Å². The molecular formula is C25H23N3O2S2. The smallest absolute Gasteiger partial charge is 0.276 e. The monoisotopic (exact) mass is 461 g/mol. The Morgan fingerprint density at radius 2 is 1.94 bits per heavy atom. The summed E-state index contributed by atoms with van der Waals surface area (Å²) < 4.78 is 2.24. The molecule has 5 nitrogen and oxygen atoms in total. The molecule has 2 aromatic heterocycles. The highest BCUT2D eigenvalue weighted by atomic mass is 32.2. The fourth-order valence-electron chi connectivity index (χ4n) is 4.06. The van der Waals surface area contributed by atoms with Crippen LogP contribution >= 0.6 is 23.1 Å². The Kier molecular flexibility index (Phi) is 5.61. The fourth-order valence-corrected chi connectivity index (χ4v) is 5.63. The molecule has 1 amide bonds. The number of thiophene rings is 1. The Bertz CT molecular complexity index is 1400. The molecule has 1 aliphatic carbocycles. The standard InChI is InChI=1S/C25H23N3O2S2/c1-15-6-9-20(12-16(15)2)28-24(30)23-21(10-11-31-23)27-25(28)32-14-22(29)26-19-8-7-17-4-3-5-18(17)13-19/h6-13H,3-5,14H2,1-2H3,(H,26,29). The second kappa shape index (κ2) is 8.56. The maximum absolute atomic E-state index is 13.3. The molecule has 1 N–H and O–H groups in total. The first-order chi connectivity index (χ1) is 15.5. The molecule has 0 saturated carbocycles. The van der Waals surface area contributed by atoms with Gasteiger partial charge in [0.1, 0.15) is 4.70 Å². The van der Waals surface area contributed by atoms with Gasteiger partial charge in [-0.05, 0) is 91.1 Å². The van der Waals surface area contributed by atoms with Gasteiger partial charge in [0.25, 0.3) is 5.56 Å². The third kappa shape index (κ3) is 3.98. The SMILES string of the molecule is Cc1ccc(-n2c(SCC(=O)Nc3ccc4c(c3)CCC4)nc3ccsc3c2=O)cc1C. The molecule has 162 valence electrons. The number of anilines is 1. The molecule has 2 heterocycles. The molecule has 0 bridgehead atoms. The van der Waals surface area contributed by atoms with Crippen LogP contribution in [0.4, 0.5) is 5.69 Å². The molecule has 7 heteroatoms. The van der Waals surface area contributed by atoms with Crippen molar-refractivity contribution in [3.8, 4) is 5.69 Å². The van der Waals surface area contributed by atoms with E-state index in [2.05, 4.69) is 17.4 Å². The molecule has 32 heavy (non-hydrogen) atoms. The minimum absolute atomic E-state index is 0.102. The third-order valence-corrected chi connectivity index (χ3v) is 7.74. The predicted molar refractivity (Wildman–Crippen MR) is 133 cm³/mol. The summed E-state index contributed by atoms with van der Waals surface area (Å²) in [5.41, 5.74) is 7.12. The van der Waals surface area contributed by atoms with E-state index in [9.17, 15) is 9.59 Å². The summed E-state index contributed by atoms with van der Waals surface area (Å²) in [7, 11) is 0. The van der Waals surface area contributed by atoms with Crippen LogP contribution in [0.3, 0.4) is 0 Å². The minimum Gasteiger partial charge on any atom is -0.325 e. The summed E-state index contributed by atoms with van der Waals surface area (Å²) in [6.07, 6.45) is 3.36. The number of thioether (sulfide) groups is 1. The zero-order valence-corrected chi connectivity index (χ0v) is 19.6. The van der Waals surface area contributed by atoms with Crippen molar-refractivity contribution in [3.63, 3.8) is 0 Å². The number of hydrogen-bond donors (Lipinski definition) is 1. The highest BCUT2D eigenvalue weighted by Gasteiger charge is 2.17. The van der Waals surface area contributed by atoms with Crippen molar-refractivity contribution >= 4 is 44.9 Å². The van der Waals surface area contributed by atoms with Crippen molar-refractivity contribution in [2.45, 2.75) is 38.3 Å². The normalized spacial score (nSPS) is 12.8. The molecule has 0 spiro atoms. The van der Waals surface area contributed by atoms with Crippen LogP contribution in [0, 0.1) is 13.8 Å². The number of nitrogens with zero attached hydrogens (tertiary/aromatic N) is 2. The zero-order chi connectivity index (χ0) is 22.2. The van der Waals surface area contributed by atoms with Crippen molar-refractivity contribution in [2.75, 3.05) is 11.1 Å². The first kappa shape index (κ1) is 21.0. The van der Waals surface area contributed by atoms with Gasteiger partial charge in [0.15, 0.2) is 5.16 Å². The van der Waals surface area contributed by atoms with Crippen molar-refractivity contribution in [1.82, 2.24) is 9.55 Å². The van der Waals surface area contributed by atoms with Crippen LogP contribution in [0.1, 0.15) is 28.7 Å². The topological polar surface area (TPSA) is 64.0 Å². The summed E-state index contributed by atoms with van der Waals surface area (Å²) in [5, 5.41) is 5.39. The van der Waals surface area contributed by atoms with Gasteiger partial charge in [-0.25, -0.2) is 4.98 Å². The van der Waals surface area contributed by atoms with Gasteiger partial charge in [0.05, 0.1) is 17.0 Å². The average Bonchev–Trinajstić information content (AvgIpc) is 3.43. The van der Waals surface area contributed by atoms with Gasteiger partial charge in [0, 0.05) is 5.69 Å². The Morgan fingerprint density at radius 3 is 2.78 bits per heavy atom. The van der Waals surface area contributed by atoms with E-state index in [1.165, 1.54) is 40.6 Å². The number of aromatic nitrogens is 2. The van der Waals surface area contributed by atoms with Gasteiger partial charge in [-0.1, -0.05) is 23.9 Å². The Balaban J connectivity index is 1.42. The number of carbonyl (C=O) groups excluding carboxylic acids is 1. The Morgan fingerprint density at radius 1 is 1.09 bits per heavy atom. The zero-order valence-electron chi connectivity index (χ0n) is 18.0. The first-order valence-electron chi connectivity index (χ1n) is 10.6. The van der Waals surface area contributed by atoms with Crippen LogP contribution in [0.2, 0.25) is 0 Å². The lowest BCUT2D eigenvalue weighted by Gasteiger charge is -2.13. The Labute approximate surface area is 194 Å². The summed E-state index contributed by atoms with van der Waals surface area (Å²) in [4.78, 5) is 30.7. The lowest BCUT2D eigenvalue weighted by molar-refractivity contribution is -0.113. The molecule has 0 aliphatic heterocycles. The summed E-state index contributed by atoms with van der Waals surface area (Å²) >= 11 is 2.67. The van der Waals surface area contributed by atoms with Gasteiger partial charge >= 0.3 is 0 Å². The predicted octanol–water partition coefficient (Wildman–Crippen LogP) is 5.28. The van der Waals surface area contributed by atoms with Crippen molar-refractivity contribution < 1.29 is 4.79 Å². The number of hydrogen-bond acceptors (Lipinski definition) is 5. The minimum atomic E-state index is -0.112. The van der Waals surface area contributed by atoms with E-state index in [0.29, 0.717) is 15.4 Å². The number of aryl methyl sites for hydroxylation is 4. The molecule has 5 rings (SSSR count). The maximum Gasteiger partial charge on any atom is 0.276 e. The highest BCUT2D eigenvalue weighted by molar-refractivity contribution is 7.99. The van der Waals surface area contributed by atoms with Gasteiger partial charge < -0.3 is 5.32 Å². The lowest BCUT2D eigenvalue weighted by atomic mass is 10.1. The quantitative estimate of drug-likeness (QED) is 0.324. The van der Waals surface area contributed by atoms with E-state index in [4.69, 9.17) is 4.98 Å². The summed E-state index contributed by atoms with van der Waals surface area (Å²) in [6.45, 7) is 4.07. The van der Waals surface area contributed by atoms with Crippen LogP contribution in [0.25, 0.3) is 15.9 Å². The van der Waals surface area contributed by atoms with Crippen molar-refractivity contribution in [3.05, 3.63) is 80.5 Å². The molecule has 0 fully saturated rings. The second-order valence-electron chi connectivity index (χ2n) is 8.11. The number of carbonyl (C=O) groups is 1. The molecule has 4 aromatic rings. The van der Waals surface area contributed by atoms with Crippen molar-refractivity contribution in [1.29, 1.82) is 0 Å². The molecule has 0 radical (unpaired) electrons. The van der Waals surface area contributed by atoms with Gasteiger partial charge in [-0.15, -0.1) is 11.3 Å². The van der Waals surface area contributed by atoms with E-state index >= 15 is 0 Å². The fraction of sp³-hybridized carbons (Fsp3) is 0.240. The molecule has 2 aromatic carbocycles. The van der Waals surface area contributed by atoms with Crippen LogP contribution < -0.4 is 10.9 Å². The van der Waals surface area contributed by atoms with Crippen molar-refractivity contribution in [2.24, 2.45) is 0 Å². The molecular weight excluding hydrogens is 438 g/mol. The van der Waals surface area contributed by atoms with E-state index in [0.717, 1.165) is 35.3 Å². The molecule has 0 unspecified atom stereocenters. The Hall–Kier alpha value is -2.90.